The monoisotopic (exact) mass is 606 g/mol. The summed E-state index contributed by atoms with van der Waals surface area (Å²) in [5.74, 6) is 0.196. The first-order valence-corrected chi connectivity index (χ1v) is 13.9. The first-order valence-electron chi connectivity index (χ1n) is 10.9. The molecule has 0 saturated carbocycles. The molecule has 0 aromatic heterocycles. The van der Waals surface area contributed by atoms with Gasteiger partial charge in [-0.05, 0) is 55.3 Å². The van der Waals surface area contributed by atoms with E-state index in [2.05, 4.69) is 37.2 Å². The lowest BCUT2D eigenvalue weighted by atomic mass is 10.1. The summed E-state index contributed by atoms with van der Waals surface area (Å²) in [6, 6.07) is 21.1. The van der Waals surface area contributed by atoms with Crippen LogP contribution >= 0.6 is 31.9 Å². The number of carbonyl (C=O) groups is 1. The number of piperidine rings is 1. The van der Waals surface area contributed by atoms with Gasteiger partial charge >= 0.3 is 0 Å². The molecular weight excluding hydrogens is 584 g/mol. The highest BCUT2D eigenvalue weighted by atomic mass is 79.9. The molecule has 1 unspecified atom stereocenters. The van der Waals surface area contributed by atoms with Crippen molar-refractivity contribution in [1.82, 2.24) is 9.62 Å². The zero-order valence-corrected chi connectivity index (χ0v) is 22.3. The third-order valence-corrected chi connectivity index (χ3v) is 8.83. The van der Waals surface area contributed by atoms with Crippen LogP contribution in [0.25, 0.3) is 0 Å². The SMILES string of the molecule is O=C(NC1CCCN(S(=O)(=O)c2ccc(Br)cc2)C1)c1ccccc1OCc1ccccc1Br. The summed E-state index contributed by atoms with van der Waals surface area (Å²) in [6.45, 7) is 0.967. The molecule has 0 radical (unpaired) electrons. The van der Waals surface area contributed by atoms with Crippen molar-refractivity contribution in [2.24, 2.45) is 0 Å². The number of carbonyl (C=O) groups excluding carboxylic acids is 1. The minimum Gasteiger partial charge on any atom is -0.488 e. The van der Waals surface area contributed by atoms with E-state index in [1.54, 1.807) is 42.5 Å². The Bertz CT molecular complexity index is 1270. The molecule has 1 atom stereocenters. The number of halogens is 2. The number of sulfonamides is 1. The van der Waals surface area contributed by atoms with Crippen molar-refractivity contribution in [3.8, 4) is 5.75 Å². The summed E-state index contributed by atoms with van der Waals surface area (Å²) in [7, 11) is -3.63. The van der Waals surface area contributed by atoms with Crippen molar-refractivity contribution < 1.29 is 17.9 Å². The number of ether oxygens (including phenoxy) is 1. The topological polar surface area (TPSA) is 75.7 Å². The Balaban J connectivity index is 1.44. The van der Waals surface area contributed by atoms with Gasteiger partial charge in [0.05, 0.1) is 10.5 Å². The second kappa shape index (κ2) is 11.0. The van der Waals surface area contributed by atoms with Crippen molar-refractivity contribution in [3.63, 3.8) is 0 Å². The second-order valence-corrected chi connectivity index (χ2v) is 11.7. The van der Waals surface area contributed by atoms with Gasteiger partial charge in [-0.25, -0.2) is 8.42 Å². The van der Waals surface area contributed by atoms with Gasteiger partial charge in [0, 0.05) is 33.6 Å². The quantitative estimate of drug-likeness (QED) is 0.392. The van der Waals surface area contributed by atoms with Gasteiger partial charge < -0.3 is 10.1 Å². The lowest BCUT2D eigenvalue weighted by Gasteiger charge is -2.32. The number of nitrogens with one attached hydrogen (secondary N) is 1. The Labute approximate surface area is 216 Å². The molecule has 34 heavy (non-hydrogen) atoms. The summed E-state index contributed by atoms with van der Waals surface area (Å²) in [5.41, 5.74) is 1.39. The summed E-state index contributed by atoms with van der Waals surface area (Å²) >= 11 is 6.84. The van der Waals surface area contributed by atoms with Crippen LogP contribution in [0.4, 0.5) is 0 Å². The average molecular weight is 608 g/mol. The lowest BCUT2D eigenvalue weighted by Crippen LogP contribution is -2.49. The Morgan fingerprint density at radius 2 is 1.71 bits per heavy atom. The first kappa shape index (κ1) is 24.9. The van der Waals surface area contributed by atoms with Gasteiger partial charge in [-0.3, -0.25) is 4.79 Å². The fourth-order valence-electron chi connectivity index (χ4n) is 3.85. The molecule has 0 aliphatic carbocycles. The zero-order chi connectivity index (χ0) is 24.1. The highest BCUT2D eigenvalue weighted by molar-refractivity contribution is 9.10. The third-order valence-electron chi connectivity index (χ3n) is 5.64. The molecule has 0 spiro atoms. The minimum absolute atomic E-state index is 0.226. The Kier molecular flexibility index (Phi) is 8.08. The summed E-state index contributed by atoms with van der Waals surface area (Å²) in [5, 5.41) is 3.01. The molecule has 9 heteroatoms. The van der Waals surface area contributed by atoms with Crippen LogP contribution in [0.5, 0.6) is 5.75 Å². The number of hydrogen-bond donors (Lipinski definition) is 1. The number of benzene rings is 3. The van der Waals surface area contributed by atoms with Gasteiger partial charge in [-0.2, -0.15) is 4.31 Å². The summed E-state index contributed by atoms with van der Waals surface area (Å²) < 4.78 is 35.3. The molecule has 1 N–H and O–H groups in total. The molecule has 1 amide bonds. The highest BCUT2D eigenvalue weighted by Crippen LogP contribution is 2.25. The molecular formula is C25H24Br2N2O4S. The maximum absolute atomic E-state index is 13.1. The molecule has 1 aliphatic rings. The normalized spacial score (nSPS) is 16.7. The van der Waals surface area contributed by atoms with E-state index < -0.39 is 10.0 Å². The molecule has 4 rings (SSSR count). The number of amides is 1. The smallest absolute Gasteiger partial charge is 0.255 e. The van der Waals surface area contributed by atoms with Gasteiger partial charge in [0.1, 0.15) is 12.4 Å². The Hall–Kier alpha value is -2.20. The van der Waals surface area contributed by atoms with Crippen molar-refractivity contribution in [3.05, 3.63) is 92.9 Å². The highest BCUT2D eigenvalue weighted by Gasteiger charge is 2.31. The molecule has 3 aromatic carbocycles. The van der Waals surface area contributed by atoms with Crippen molar-refractivity contribution in [2.75, 3.05) is 13.1 Å². The predicted molar refractivity (Wildman–Crippen MR) is 138 cm³/mol. The fourth-order valence-corrected chi connectivity index (χ4v) is 6.04. The first-order chi connectivity index (χ1) is 16.3. The molecule has 6 nitrogen and oxygen atoms in total. The number of hydrogen-bond acceptors (Lipinski definition) is 4. The predicted octanol–water partition coefficient (Wildman–Crippen LogP) is 5.37. The average Bonchev–Trinajstić information content (AvgIpc) is 2.84. The van der Waals surface area contributed by atoms with Crippen LogP contribution in [0.15, 0.2) is 86.6 Å². The second-order valence-electron chi connectivity index (χ2n) is 8.01. The molecule has 1 fully saturated rings. The molecule has 0 bridgehead atoms. The zero-order valence-electron chi connectivity index (χ0n) is 18.3. The molecule has 178 valence electrons. The van der Waals surface area contributed by atoms with Crippen molar-refractivity contribution in [1.29, 1.82) is 0 Å². The molecule has 1 aliphatic heterocycles. The van der Waals surface area contributed by atoms with Crippen LogP contribution in [-0.4, -0.2) is 37.8 Å². The van der Waals surface area contributed by atoms with E-state index in [-0.39, 0.29) is 23.4 Å². The van der Waals surface area contributed by atoms with Crippen molar-refractivity contribution in [2.45, 2.75) is 30.4 Å². The number of para-hydroxylation sites is 1. The number of rotatable bonds is 7. The van der Waals surface area contributed by atoms with E-state index in [0.29, 0.717) is 37.3 Å². The maximum Gasteiger partial charge on any atom is 0.255 e. The summed E-state index contributed by atoms with van der Waals surface area (Å²) in [6.07, 6.45) is 1.37. The molecule has 1 saturated heterocycles. The Morgan fingerprint density at radius 3 is 2.47 bits per heavy atom. The maximum atomic E-state index is 13.1. The van der Waals surface area contributed by atoms with Crippen LogP contribution in [0, 0.1) is 0 Å². The fraction of sp³-hybridized carbons (Fsp3) is 0.240. The van der Waals surface area contributed by atoms with Crippen molar-refractivity contribution >= 4 is 47.8 Å². The van der Waals surface area contributed by atoms with E-state index in [1.807, 2.05) is 30.3 Å². The molecule has 1 heterocycles. The van der Waals surface area contributed by atoms with E-state index in [1.165, 1.54) is 4.31 Å². The van der Waals surface area contributed by atoms with Gasteiger partial charge in [0.2, 0.25) is 10.0 Å². The minimum atomic E-state index is -3.63. The van der Waals surface area contributed by atoms with Crippen LogP contribution in [0.3, 0.4) is 0 Å². The molecule has 3 aromatic rings. The van der Waals surface area contributed by atoms with Gasteiger partial charge in [0.25, 0.3) is 5.91 Å². The van der Waals surface area contributed by atoms with Gasteiger partial charge in [-0.15, -0.1) is 0 Å². The van der Waals surface area contributed by atoms with E-state index in [9.17, 15) is 13.2 Å². The van der Waals surface area contributed by atoms with Crippen LogP contribution in [-0.2, 0) is 16.6 Å². The van der Waals surface area contributed by atoms with Crippen LogP contribution in [0.1, 0.15) is 28.8 Å². The van der Waals surface area contributed by atoms with E-state index >= 15 is 0 Å². The third kappa shape index (κ3) is 5.89. The standard InChI is InChI=1S/C25H24Br2N2O4S/c26-19-11-13-21(14-12-19)34(31,32)29-15-5-7-20(16-29)28-25(30)22-8-2-4-10-24(22)33-17-18-6-1-3-9-23(18)27/h1-4,6,8-14,20H,5,7,15-17H2,(H,28,30). The Morgan fingerprint density at radius 1 is 1.00 bits per heavy atom. The summed E-state index contributed by atoms with van der Waals surface area (Å²) in [4.78, 5) is 13.3. The number of nitrogens with zero attached hydrogens (tertiary/aromatic N) is 1. The van der Waals surface area contributed by atoms with Crippen LogP contribution in [0.2, 0.25) is 0 Å². The van der Waals surface area contributed by atoms with Gasteiger partial charge in [0.15, 0.2) is 0 Å². The largest absolute Gasteiger partial charge is 0.488 e. The van der Waals surface area contributed by atoms with Crippen LogP contribution < -0.4 is 10.1 Å². The lowest BCUT2D eigenvalue weighted by molar-refractivity contribution is 0.0917. The van der Waals surface area contributed by atoms with E-state index in [0.717, 1.165) is 14.5 Å². The van der Waals surface area contributed by atoms with E-state index in [4.69, 9.17) is 4.74 Å². The van der Waals surface area contributed by atoms with Gasteiger partial charge in [-0.1, -0.05) is 62.2 Å².